The van der Waals surface area contributed by atoms with Gasteiger partial charge < -0.3 is 10.1 Å². The minimum Gasteiger partial charge on any atom is -0.494 e. The number of nitrogens with one attached hydrogen (secondary N) is 1. The second kappa shape index (κ2) is 6.24. The van der Waals surface area contributed by atoms with Gasteiger partial charge in [0.05, 0.1) is 12.7 Å². The Hall–Kier alpha value is -2.02. The van der Waals surface area contributed by atoms with E-state index < -0.39 is 0 Å². The number of rotatable bonds is 6. The van der Waals surface area contributed by atoms with E-state index in [1.165, 1.54) is 0 Å². The van der Waals surface area contributed by atoms with Crippen LogP contribution in [-0.4, -0.2) is 18.6 Å². The van der Waals surface area contributed by atoms with Crippen molar-refractivity contribution in [1.29, 1.82) is 5.26 Å². The summed E-state index contributed by atoms with van der Waals surface area (Å²) >= 11 is 0. The zero-order chi connectivity index (χ0) is 13.7. The number of hydrogen-bond donors (Lipinski definition) is 1. The third-order valence-corrected chi connectivity index (χ3v) is 3.09. The molecule has 0 bridgehead atoms. The minimum atomic E-state index is -0.368. The van der Waals surface area contributed by atoms with Crippen molar-refractivity contribution in [2.75, 3.05) is 6.61 Å². The monoisotopic (exact) mass is 258 g/mol. The molecular weight excluding hydrogens is 240 g/mol. The molecule has 100 valence electrons. The van der Waals surface area contributed by atoms with Crippen LogP contribution in [0.2, 0.25) is 0 Å². The maximum atomic E-state index is 12.1. The van der Waals surface area contributed by atoms with Crippen molar-refractivity contribution in [2.24, 2.45) is 5.92 Å². The zero-order valence-corrected chi connectivity index (χ0v) is 11.1. The maximum Gasteiger partial charge on any atom is 0.252 e. The molecule has 4 nitrogen and oxygen atoms in total. The second-order valence-corrected chi connectivity index (χ2v) is 4.79. The summed E-state index contributed by atoms with van der Waals surface area (Å²) in [6.45, 7) is 2.66. The fraction of sp³-hybridized carbons (Fsp3) is 0.467. The predicted molar refractivity (Wildman–Crippen MR) is 71.8 cm³/mol. The van der Waals surface area contributed by atoms with E-state index >= 15 is 0 Å². The summed E-state index contributed by atoms with van der Waals surface area (Å²) in [4.78, 5) is 12.1. The maximum absolute atomic E-state index is 12.1. The number of ether oxygens (including phenoxy) is 1. The van der Waals surface area contributed by atoms with Crippen molar-refractivity contribution in [3.63, 3.8) is 0 Å². The van der Waals surface area contributed by atoms with E-state index in [1.54, 1.807) is 18.2 Å². The van der Waals surface area contributed by atoms with E-state index in [9.17, 15) is 4.79 Å². The van der Waals surface area contributed by atoms with Crippen molar-refractivity contribution < 1.29 is 9.53 Å². The summed E-state index contributed by atoms with van der Waals surface area (Å²) in [5.74, 6) is 0.809. The van der Waals surface area contributed by atoms with Gasteiger partial charge in [0.2, 0.25) is 0 Å². The van der Waals surface area contributed by atoms with Crippen molar-refractivity contribution in [2.45, 2.75) is 32.2 Å². The number of nitrogens with zero attached hydrogens (tertiary/aromatic N) is 1. The van der Waals surface area contributed by atoms with Gasteiger partial charge in [0.1, 0.15) is 11.8 Å². The van der Waals surface area contributed by atoms with Crippen LogP contribution in [0.25, 0.3) is 0 Å². The van der Waals surface area contributed by atoms with Gasteiger partial charge in [0.25, 0.3) is 5.91 Å². The molecule has 1 fully saturated rings. The van der Waals surface area contributed by atoms with Crippen molar-refractivity contribution in [3.05, 3.63) is 29.8 Å². The quantitative estimate of drug-likeness (QED) is 0.852. The molecule has 0 saturated heterocycles. The normalized spacial score (nSPS) is 15.4. The van der Waals surface area contributed by atoms with E-state index in [0.29, 0.717) is 23.8 Å². The van der Waals surface area contributed by atoms with Crippen LogP contribution in [-0.2, 0) is 0 Å². The molecule has 1 amide bonds. The van der Waals surface area contributed by atoms with E-state index in [4.69, 9.17) is 10.00 Å². The molecule has 4 heteroatoms. The first kappa shape index (κ1) is 13.4. The standard InChI is InChI=1S/C15H18N2O2/c1-2-8-19-13-5-3-4-12(9-13)15(18)17-14(10-16)11-6-7-11/h3-5,9,11,14H,2,6-8H2,1H3,(H,17,18). The van der Waals surface area contributed by atoms with Crippen LogP contribution in [0.5, 0.6) is 5.75 Å². The first-order chi connectivity index (χ1) is 9.24. The van der Waals surface area contributed by atoms with Gasteiger partial charge in [0, 0.05) is 5.56 Å². The van der Waals surface area contributed by atoms with E-state index in [2.05, 4.69) is 11.4 Å². The SMILES string of the molecule is CCCOc1cccc(C(=O)NC(C#N)C2CC2)c1. The summed E-state index contributed by atoms with van der Waals surface area (Å²) < 4.78 is 5.49. The van der Waals surface area contributed by atoms with Crippen LogP contribution in [0.15, 0.2) is 24.3 Å². The number of nitriles is 1. The summed E-state index contributed by atoms with van der Waals surface area (Å²) in [5, 5.41) is 11.8. The highest BCUT2D eigenvalue weighted by molar-refractivity contribution is 5.95. The molecule has 1 atom stereocenters. The minimum absolute atomic E-state index is 0.208. The molecule has 1 aromatic carbocycles. The fourth-order valence-electron chi connectivity index (χ4n) is 1.86. The Morgan fingerprint density at radius 3 is 3.00 bits per heavy atom. The molecule has 0 heterocycles. The molecule has 1 aromatic rings. The molecule has 0 radical (unpaired) electrons. The van der Waals surface area contributed by atoms with E-state index in [0.717, 1.165) is 19.3 Å². The molecule has 1 aliphatic carbocycles. The van der Waals surface area contributed by atoms with Crippen molar-refractivity contribution >= 4 is 5.91 Å². The Kier molecular flexibility index (Phi) is 4.40. The zero-order valence-electron chi connectivity index (χ0n) is 11.1. The van der Waals surface area contributed by atoms with Gasteiger partial charge in [0.15, 0.2) is 0 Å². The number of amides is 1. The third-order valence-electron chi connectivity index (χ3n) is 3.09. The highest BCUT2D eigenvalue weighted by Gasteiger charge is 2.32. The lowest BCUT2D eigenvalue weighted by Gasteiger charge is -2.11. The van der Waals surface area contributed by atoms with Gasteiger partial charge in [-0.15, -0.1) is 0 Å². The van der Waals surface area contributed by atoms with Crippen LogP contribution < -0.4 is 10.1 Å². The average molecular weight is 258 g/mol. The third kappa shape index (κ3) is 3.72. The Balaban J connectivity index is 2.00. The average Bonchev–Trinajstić information content (AvgIpc) is 3.27. The number of hydrogen-bond acceptors (Lipinski definition) is 3. The molecule has 1 aliphatic rings. The first-order valence-electron chi connectivity index (χ1n) is 6.68. The predicted octanol–water partition coefficient (Wildman–Crippen LogP) is 2.51. The second-order valence-electron chi connectivity index (χ2n) is 4.79. The van der Waals surface area contributed by atoms with Crippen LogP contribution in [0.3, 0.4) is 0 Å². The molecule has 0 aromatic heterocycles. The van der Waals surface area contributed by atoms with Gasteiger partial charge >= 0.3 is 0 Å². The molecule has 1 saturated carbocycles. The molecule has 2 rings (SSSR count). The lowest BCUT2D eigenvalue weighted by Crippen LogP contribution is -2.35. The number of benzene rings is 1. The van der Waals surface area contributed by atoms with Gasteiger partial charge in [-0.25, -0.2) is 0 Å². The molecule has 0 spiro atoms. The summed E-state index contributed by atoms with van der Waals surface area (Å²) in [6, 6.07) is 8.85. The lowest BCUT2D eigenvalue weighted by molar-refractivity contribution is 0.0941. The molecule has 1 N–H and O–H groups in total. The smallest absolute Gasteiger partial charge is 0.252 e. The Labute approximate surface area is 113 Å². The Morgan fingerprint density at radius 1 is 1.58 bits per heavy atom. The van der Waals surface area contributed by atoms with E-state index in [1.807, 2.05) is 13.0 Å². The van der Waals surface area contributed by atoms with Crippen LogP contribution >= 0.6 is 0 Å². The Bertz CT molecular complexity index is 489. The van der Waals surface area contributed by atoms with Gasteiger partial charge in [-0.05, 0) is 43.4 Å². The largest absolute Gasteiger partial charge is 0.494 e. The van der Waals surface area contributed by atoms with E-state index in [-0.39, 0.29) is 11.9 Å². The highest BCUT2D eigenvalue weighted by atomic mass is 16.5. The topological polar surface area (TPSA) is 62.1 Å². The fourth-order valence-corrected chi connectivity index (χ4v) is 1.86. The number of carbonyl (C=O) groups excluding carboxylic acids is 1. The summed E-state index contributed by atoms with van der Waals surface area (Å²) in [6.07, 6.45) is 2.98. The van der Waals surface area contributed by atoms with Gasteiger partial charge in [-0.2, -0.15) is 5.26 Å². The lowest BCUT2D eigenvalue weighted by atomic mass is 10.1. The van der Waals surface area contributed by atoms with Crippen LogP contribution in [0.1, 0.15) is 36.5 Å². The summed E-state index contributed by atoms with van der Waals surface area (Å²) in [7, 11) is 0. The summed E-state index contributed by atoms with van der Waals surface area (Å²) in [5.41, 5.74) is 0.537. The molecule has 1 unspecified atom stereocenters. The number of carbonyl (C=O) groups is 1. The van der Waals surface area contributed by atoms with Crippen molar-refractivity contribution in [3.8, 4) is 11.8 Å². The van der Waals surface area contributed by atoms with Gasteiger partial charge in [-0.3, -0.25) is 4.79 Å². The highest BCUT2D eigenvalue weighted by Crippen LogP contribution is 2.32. The molecule has 19 heavy (non-hydrogen) atoms. The Morgan fingerprint density at radius 2 is 2.37 bits per heavy atom. The van der Waals surface area contributed by atoms with Crippen LogP contribution in [0.4, 0.5) is 0 Å². The van der Waals surface area contributed by atoms with Crippen molar-refractivity contribution in [1.82, 2.24) is 5.32 Å². The van der Waals surface area contributed by atoms with Gasteiger partial charge in [-0.1, -0.05) is 13.0 Å². The molecular formula is C15H18N2O2. The van der Waals surface area contributed by atoms with Crippen LogP contribution in [0, 0.1) is 17.2 Å². The molecule has 0 aliphatic heterocycles. The first-order valence-corrected chi connectivity index (χ1v) is 6.68.